The number of carbonyl (C=O) groups is 3. The Morgan fingerprint density at radius 2 is 1.62 bits per heavy atom. The summed E-state index contributed by atoms with van der Waals surface area (Å²) in [6, 6.07) is 0. The first-order valence-electron chi connectivity index (χ1n) is 7.07. The van der Waals surface area contributed by atoms with Gasteiger partial charge in [-0.05, 0) is 13.8 Å². The SMILES string of the molecule is CN(C)C(=O)CN1CCN(C(=O)CC(C)(C)C(=O)O)CC1. The Labute approximate surface area is 125 Å². The molecule has 0 aromatic rings. The third-order valence-corrected chi connectivity index (χ3v) is 3.75. The van der Waals surface area contributed by atoms with E-state index >= 15 is 0 Å². The molecular weight excluding hydrogens is 274 g/mol. The van der Waals surface area contributed by atoms with Gasteiger partial charge in [-0.2, -0.15) is 0 Å². The molecule has 1 N–H and O–H groups in total. The molecule has 2 amide bonds. The molecule has 1 rings (SSSR count). The molecule has 7 nitrogen and oxygen atoms in total. The predicted octanol–water partition coefficient (Wildman–Crippen LogP) is -0.280. The largest absolute Gasteiger partial charge is 0.481 e. The molecule has 0 aromatic carbocycles. The van der Waals surface area contributed by atoms with Crippen LogP contribution in [0, 0.1) is 5.41 Å². The summed E-state index contributed by atoms with van der Waals surface area (Å²) in [5, 5.41) is 9.06. The van der Waals surface area contributed by atoms with E-state index in [9.17, 15) is 14.4 Å². The lowest BCUT2D eigenvalue weighted by Crippen LogP contribution is -2.51. The molecule has 0 unspecified atom stereocenters. The minimum atomic E-state index is -1.05. The maximum atomic E-state index is 12.1. The van der Waals surface area contributed by atoms with Crippen LogP contribution in [0.1, 0.15) is 20.3 Å². The number of likely N-dealkylation sites (N-methyl/N-ethyl adjacent to an activating group) is 1. The van der Waals surface area contributed by atoms with Gasteiger partial charge in [0.1, 0.15) is 0 Å². The van der Waals surface area contributed by atoms with Gasteiger partial charge >= 0.3 is 5.97 Å². The first-order chi connectivity index (χ1) is 9.63. The van der Waals surface area contributed by atoms with Crippen LogP contribution in [0.25, 0.3) is 0 Å². The molecule has 1 fully saturated rings. The minimum absolute atomic E-state index is 0.00103. The van der Waals surface area contributed by atoms with Gasteiger partial charge in [-0.15, -0.1) is 0 Å². The van der Waals surface area contributed by atoms with Crippen LogP contribution in [0.4, 0.5) is 0 Å². The standard InChI is InChI=1S/C14H25N3O4/c1-14(2,13(20)21)9-11(18)17-7-5-16(6-8-17)10-12(19)15(3)4/h5-10H2,1-4H3,(H,20,21). The van der Waals surface area contributed by atoms with Gasteiger partial charge in [-0.25, -0.2) is 0 Å². The van der Waals surface area contributed by atoms with Crippen molar-refractivity contribution >= 4 is 17.8 Å². The van der Waals surface area contributed by atoms with Crippen LogP contribution in [-0.2, 0) is 14.4 Å². The highest BCUT2D eigenvalue weighted by Crippen LogP contribution is 2.22. The fraction of sp³-hybridized carbons (Fsp3) is 0.786. The second-order valence-corrected chi connectivity index (χ2v) is 6.31. The number of piperazine rings is 1. The molecule has 0 atom stereocenters. The summed E-state index contributed by atoms with van der Waals surface area (Å²) >= 11 is 0. The Bertz CT molecular complexity index is 412. The molecular formula is C14H25N3O4. The predicted molar refractivity (Wildman–Crippen MR) is 77.7 cm³/mol. The van der Waals surface area contributed by atoms with E-state index in [4.69, 9.17) is 5.11 Å². The summed E-state index contributed by atoms with van der Waals surface area (Å²) in [6.07, 6.45) is -0.00103. The number of carboxylic acids is 1. The second kappa shape index (κ2) is 6.89. The van der Waals surface area contributed by atoms with Crippen molar-refractivity contribution in [1.82, 2.24) is 14.7 Å². The molecule has 1 heterocycles. The number of carboxylic acid groups (broad SMARTS) is 1. The normalized spacial score (nSPS) is 16.7. The number of hydrogen-bond acceptors (Lipinski definition) is 4. The lowest BCUT2D eigenvalue weighted by Gasteiger charge is -2.35. The van der Waals surface area contributed by atoms with E-state index in [0.29, 0.717) is 32.7 Å². The van der Waals surface area contributed by atoms with Crippen LogP contribution >= 0.6 is 0 Å². The van der Waals surface area contributed by atoms with Crippen molar-refractivity contribution in [3.05, 3.63) is 0 Å². The van der Waals surface area contributed by atoms with Crippen molar-refractivity contribution in [2.45, 2.75) is 20.3 Å². The number of rotatable bonds is 5. The van der Waals surface area contributed by atoms with Gasteiger partial charge in [0.15, 0.2) is 0 Å². The quantitative estimate of drug-likeness (QED) is 0.755. The summed E-state index contributed by atoms with van der Waals surface area (Å²) in [5.74, 6) is -1.06. The van der Waals surface area contributed by atoms with Crippen LogP contribution in [0.3, 0.4) is 0 Å². The first kappa shape index (κ1) is 17.4. The average molecular weight is 299 g/mol. The van der Waals surface area contributed by atoms with Crippen molar-refractivity contribution in [2.75, 3.05) is 46.8 Å². The monoisotopic (exact) mass is 299 g/mol. The van der Waals surface area contributed by atoms with E-state index in [1.165, 1.54) is 0 Å². The number of amides is 2. The molecule has 0 aromatic heterocycles. The maximum absolute atomic E-state index is 12.1. The third kappa shape index (κ3) is 5.00. The Kier molecular flexibility index (Phi) is 5.71. The van der Waals surface area contributed by atoms with Crippen LogP contribution in [0.2, 0.25) is 0 Å². The van der Waals surface area contributed by atoms with Crippen molar-refractivity contribution in [2.24, 2.45) is 5.41 Å². The van der Waals surface area contributed by atoms with Gasteiger partial charge in [-0.3, -0.25) is 19.3 Å². The second-order valence-electron chi connectivity index (χ2n) is 6.31. The molecule has 21 heavy (non-hydrogen) atoms. The Morgan fingerprint density at radius 3 is 2.05 bits per heavy atom. The van der Waals surface area contributed by atoms with Crippen LogP contribution in [-0.4, -0.2) is 84.4 Å². The minimum Gasteiger partial charge on any atom is -0.481 e. The fourth-order valence-corrected chi connectivity index (χ4v) is 2.05. The van der Waals surface area contributed by atoms with Crippen LogP contribution < -0.4 is 0 Å². The van der Waals surface area contributed by atoms with E-state index < -0.39 is 11.4 Å². The molecule has 0 aliphatic carbocycles. The summed E-state index contributed by atoms with van der Waals surface area (Å²) in [7, 11) is 3.44. The van der Waals surface area contributed by atoms with E-state index in [1.807, 2.05) is 4.90 Å². The smallest absolute Gasteiger partial charge is 0.309 e. The highest BCUT2D eigenvalue weighted by atomic mass is 16.4. The van der Waals surface area contributed by atoms with Crippen molar-refractivity contribution in [1.29, 1.82) is 0 Å². The highest BCUT2D eigenvalue weighted by molar-refractivity contribution is 5.84. The first-order valence-corrected chi connectivity index (χ1v) is 7.07. The van der Waals surface area contributed by atoms with Crippen molar-refractivity contribution in [3.8, 4) is 0 Å². The maximum Gasteiger partial charge on any atom is 0.309 e. The van der Waals surface area contributed by atoms with Gasteiger partial charge in [0.05, 0.1) is 12.0 Å². The molecule has 7 heteroatoms. The summed E-state index contributed by atoms with van der Waals surface area (Å²) in [4.78, 5) is 40.0. The molecule has 0 saturated carbocycles. The summed E-state index contributed by atoms with van der Waals surface area (Å²) in [5.41, 5.74) is -1.05. The van der Waals surface area contributed by atoms with E-state index in [2.05, 4.69) is 0 Å². The van der Waals surface area contributed by atoms with Gasteiger partial charge in [-0.1, -0.05) is 0 Å². The number of nitrogens with zero attached hydrogens (tertiary/aromatic N) is 3. The van der Waals surface area contributed by atoms with Crippen LogP contribution in [0.15, 0.2) is 0 Å². The Hall–Kier alpha value is -1.63. The summed E-state index contributed by atoms with van der Waals surface area (Å²) < 4.78 is 0. The zero-order valence-corrected chi connectivity index (χ0v) is 13.3. The van der Waals surface area contributed by atoms with Gasteiger partial charge < -0.3 is 14.9 Å². The molecule has 1 aliphatic heterocycles. The van der Waals surface area contributed by atoms with Gasteiger partial charge in [0, 0.05) is 46.7 Å². The molecule has 0 radical (unpaired) electrons. The zero-order valence-electron chi connectivity index (χ0n) is 13.3. The van der Waals surface area contributed by atoms with E-state index in [-0.39, 0.29) is 18.2 Å². The topological polar surface area (TPSA) is 81.2 Å². The third-order valence-electron chi connectivity index (χ3n) is 3.75. The van der Waals surface area contributed by atoms with Gasteiger partial charge in [0.25, 0.3) is 0 Å². The lowest BCUT2D eigenvalue weighted by molar-refractivity contribution is -0.152. The summed E-state index contributed by atoms with van der Waals surface area (Å²) in [6.45, 7) is 5.82. The zero-order chi connectivity index (χ0) is 16.2. The van der Waals surface area contributed by atoms with Crippen molar-refractivity contribution < 1.29 is 19.5 Å². The lowest BCUT2D eigenvalue weighted by atomic mass is 9.89. The van der Waals surface area contributed by atoms with Crippen LogP contribution in [0.5, 0.6) is 0 Å². The number of carbonyl (C=O) groups excluding carboxylic acids is 2. The average Bonchev–Trinajstić information content (AvgIpc) is 2.38. The molecule has 0 spiro atoms. The number of hydrogen-bond donors (Lipinski definition) is 1. The molecule has 1 saturated heterocycles. The highest BCUT2D eigenvalue weighted by Gasteiger charge is 2.33. The van der Waals surface area contributed by atoms with Crippen molar-refractivity contribution in [3.63, 3.8) is 0 Å². The van der Waals surface area contributed by atoms with Gasteiger partial charge in [0.2, 0.25) is 11.8 Å². The molecule has 120 valence electrons. The Morgan fingerprint density at radius 1 is 1.10 bits per heavy atom. The molecule has 1 aliphatic rings. The fourth-order valence-electron chi connectivity index (χ4n) is 2.05. The number of aliphatic carboxylic acids is 1. The van der Waals surface area contributed by atoms with E-state index in [1.54, 1.807) is 37.7 Å². The molecule has 0 bridgehead atoms. The Balaban J connectivity index is 2.44. The van der Waals surface area contributed by atoms with E-state index in [0.717, 1.165) is 0 Å².